The number of ether oxygens (including phenoxy) is 2. The zero-order valence-electron chi connectivity index (χ0n) is 35.6. The number of aliphatic hydroxyl groups excluding tert-OH is 8. The predicted octanol–water partition coefficient (Wildman–Crippen LogP) is 4.21. The number of hydrogen-bond acceptors (Lipinski definition) is 15. The number of unbranched alkanes of at least 4 members (excludes halogenated alkanes) is 11. The molecule has 1 unspecified atom stereocenters. The van der Waals surface area contributed by atoms with Crippen LogP contribution in [-0.2, 0) is 32.7 Å². The van der Waals surface area contributed by atoms with E-state index in [1.54, 1.807) is 0 Å². The van der Waals surface area contributed by atoms with E-state index < -0.39 is 112 Å². The van der Waals surface area contributed by atoms with Crippen LogP contribution in [0.15, 0.2) is 36.5 Å². The number of rotatable bonds is 21. The molecule has 0 aromatic heterocycles. The number of phosphoric ester groups is 1. The van der Waals surface area contributed by atoms with Crippen LogP contribution in [0.1, 0.15) is 136 Å². The summed E-state index contributed by atoms with van der Waals surface area (Å²) < 4.78 is 34.3. The van der Waals surface area contributed by atoms with Gasteiger partial charge in [-0.2, -0.15) is 0 Å². The number of allylic oxidation sites excluding steroid dienone is 3. The van der Waals surface area contributed by atoms with Crippen LogP contribution in [0.3, 0.4) is 0 Å². The summed E-state index contributed by atoms with van der Waals surface area (Å²) in [6.45, 7) is 2.76. The van der Waals surface area contributed by atoms with Gasteiger partial charge < -0.3 is 55.2 Å². The highest BCUT2D eigenvalue weighted by Crippen LogP contribution is 2.47. The maximum absolute atomic E-state index is 13.4. The van der Waals surface area contributed by atoms with Crippen LogP contribution < -0.4 is 0 Å². The van der Waals surface area contributed by atoms with Crippen LogP contribution in [0.25, 0.3) is 0 Å². The largest absolute Gasteiger partial charge is 0.472 e. The van der Waals surface area contributed by atoms with Crippen molar-refractivity contribution in [3.8, 4) is 0 Å². The molecule has 0 radical (unpaired) electrons. The fraction of sp³-hybridized carbons (Fsp3) is 0.814. The van der Waals surface area contributed by atoms with Gasteiger partial charge >= 0.3 is 19.8 Å². The van der Waals surface area contributed by atoms with Crippen molar-refractivity contribution in [3.63, 3.8) is 0 Å². The first-order chi connectivity index (χ1) is 28.6. The number of carbonyl (C=O) groups is 2. The summed E-state index contributed by atoms with van der Waals surface area (Å²) in [6.07, 6.45) is 3.81. The van der Waals surface area contributed by atoms with Crippen molar-refractivity contribution in [2.75, 3.05) is 13.2 Å². The fourth-order valence-electron chi connectivity index (χ4n) is 7.32. The first-order valence-electron chi connectivity index (χ1n) is 22.0. The van der Waals surface area contributed by atoms with E-state index in [2.05, 4.69) is 19.1 Å². The molecular formula is C43H75O16P. The smallest absolute Gasteiger partial charge is 0.462 e. The number of carbonyl (C=O) groups excluding carboxylic acids is 2. The molecule has 0 saturated heterocycles. The molecule has 16 nitrogen and oxygen atoms in total. The van der Waals surface area contributed by atoms with Crippen LogP contribution in [0, 0.1) is 11.8 Å². The topological polar surface area (TPSA) is 270 Å². The molecule has 1 saturated carbocycles. The highest BCUT2D eigenvalue weighted by molar-refractivity contribution is 7.47. The quantitative estimate of drug-likeness (QED) is 0.0338. The van der Waals surface area contributed by atoms with Crippen LogP contribution in [-0.4, -0.2) is 132 Å². The Morgan fingerprint density at radius 3 is 2.12 bits per heavy atom. The van der Waals surface area contributed by atoms with Crippen molar-refractivity contribution in [2.45, 2.75) is 197 Å². The summed E-state index contributed by atoms with van der Waals surface area (Å²) in [5.41, 5.74) is 0. The van der Waals surface area contributed by atoms with E-state index in [0.29, 0.717) is 19.3 Å². The van der Waals surface area contributed by atoms with E-state index in [0.717, 1.165) is 51.4 Å². The molecule has 13 atom stereocenters. The molecule has 17 heteroatoms. The Bertz CT molecular complexity index is 1330. The Balaban J connectivity index is 2.19. The molecule has 0 aromatic carbocycles. The molecule has 2 bridgehead atoms. The van der Waals surface area contributed by atoms with Gasteiger partial charge in [-0.15, -0.1) is 0 Å². The van der Waals surface area contributed by atoms with Crippen LogP contribution >= 0.6 is 7.82 Å². The number of hydrogen-bond donors (Lipinski definition) is 9. The zero-order valence-corrected chi connectivity index (χ0v) is 36.5. The molecule has 9 N–H and O–H groups in total. The molecule has 348 valence electrons. The molecule has 1 fully saturated rings. The first kappa shape index (κ1) is 54.1. The van der Waals surface area contributed by atoms with Gasteiger partial charge in [-0.3, -0.25) is 18.6 Å². The summed E-state index contributed by atoms with van der Waals surface area (Å²) in [5.74, 6) is -4.25. The SMILES string of the molecule is CCCCCC/C=C\CCCCCCCC(=O)OC[C@@H]1COP(=O)(O)O[C@H]2[C@H](O)[C@@H](O)[C@H](O)[C@H](C/C=C\CC(=O)O1)[C@@H](O)C[C@@H](O)[C@H](/C=C\[C@H](O)CCCCC)[C@@H](O)[C@H]2O. The molecule has 1 heterocycles. The minimum absolute atomic E-state index is 0.0905. The zero-order chi connectivity index (χ0) is 44.5. The van der Waals surface area contributed by atoms with Crippen molar-refractivity contribution in [3.05, 3.63) is 36.5 Å². The highest BCUT2D eigenvalue weighted by Gasteiger charge is 2.49. The first-order valence-corrected chi connectivity index (χ1v) is 23.5. The van der Waals surface area contributed by atoms with Gasteiger partial charge in [0.15, 0.2) is 6.10 Å². The second kappa shape index (κ2) is 30.1. The molecule has 2 rings (SSSR count). The van der Waals surface area contributed by atoms with E-state index in [1.807, 2.05) is 6.92 Å². The van der Waals surface area contributed by atoms with Gasteiger partial charge in [0, 0.05) is 24.7 Å². The summed E-state index contributed by atoms with van der Waals surface area (Å²) in [5, 5.41) is 89.3. The second-order valence-corrected chi connectivity index (χ2v) is 17.6. The predicted molar refractivity (Wildman–Crippen MR) is 223 cm³/mol. The minimum Gasteiger partial charge on any atom is -0.462 e. The Morgan fingerprint density at radius 2 is 1.43 bits per heavy atom. The Hall–Kier alpha value is -2.05. The highest BCUT2D eigenvalue weighted by atomic mass is 31.2. The molecule has 60 heavy (non-hydrogen) atoms. The van der Waals surface area contributed by atoms with Gasteiger partial charge in [0.25, 0.3) is 0 Å². The Kier molecular flexibility index (Phi) is 27.1. The molecule has 0 aromatic rings. The summed E-state index contributed by atoms with van der Waals surface area (Å²) >= 11 is 0. The van der Waals surface area contributed by atoms with Crippen LogP contribution in [0.2, 0.25) is 0 Å². The lowest BCUT2D eigenvalue weighted by Gasteiger charge is -2.37. The van der Waals surface area contributed by atoms with Gasteiger partial charge in [0.2, 0.25) is 0 Å². The average Bonchev–Trinajstić information content (AvgIpc) is 3.21. The van der Waals surface area contributed by atoms with E-state index >= 15 is 0 Å². The fourth-order valence-corrected chi connectivity index (χ4v) is 8.29. The molecule has 2 aliphatic rings. The van der Waals surface area contributed by atoms with Crippen LogP contribution in [0.5, 0.6) is 0 Å². The lowest BCUT2D eigenvalue weighted by molar-refractivity contribution is -0.167. The van der Waals surface area contributed by atoms with E-state index in [-0.39, 0.29) is 19.3 Å². The van der Waals surface area contributed by atoms with Gasteiger partial charge in [-0.05, 0) is 44.9 Å². The number of fused-ring (bicyclic) bond motifs is 4. The summed E-state index contributed by atoms with van der Waals surface area (Å²) in [7, 11) is -5.42. The van der Waals surface area contributed by atoms with E-state index in [1.165, 1.54) is 50.0 Å². The minimum atomic E-state index is -5.42. The number of esters is 2. The van der Waals surface area contributed by atoms with Crippen molar-refractivity contribution in [2.24, 2.45) is 11.8 Å². The maximum Gasteiger partial charge on any atom is 0.472 e. The third-order valence-electron chi connectivity index (χ3n) is 11.0. The molecule has 0 spiro atoms. The van der Waals surface area contributed by atoms with Gasteiger partial charge in [-0.25, -0.2) is 4.57 Å². The standard InChI is InChI=1S/C43H75O16P/c1-3-5-7-8-9-10-11-12-13-14-15-16-18-23-36(47)56-28-31-29-57-60(54,55)59-43-41(52)39(50)33(26-25-30(44)21-17-6-4-2)35(46)27-34(45)32(38(49)40(51)42(43)53)22-19-20-24-37(48)58-31/h10-11,19-20,25-26,30-35,38-46,49-53H,3-9,12-18,21-24,27-29H2,1-2H3,(H,54,55)/b11-10-,20-19-,26-25-/t30-,31-,32-,33+,34+,35-,38-,39-,40+,41-,42-,43-/m1/s1. The Morgan fingerprint density at radius 1 is 0.817 bits per heavy atom. The van der Waals surface area contributed by atoms with Gasteiger partial charge in [-0.1, -0.05) is 108 Å². The van der Waals surface area contributed by atoms with Crippen molar-refractivity contribution in [1.29, 1.82) is 0 Å². The third kappa shape index (κ3) is 20.9. The Labute approximate surface area is 355 Å². The van der Waals surface area contributed by atoms with E-state index in [4.69, 9.17) is 18.5 Å². The lowest BCUT2D eigenvalue weighted by atomic mass is 9.83. The second-order valence-electron chi connectivity index (χ2n) is 16.2. The maximum atomic E-state index is 13.4. The lowest BCUT2D eigenvalue weighted by Crippen LogP contribution is -2.55. The number of aliphatic hydroxyl groups is 8. The van der Waals surface area contributed by atoms with E-state index in [9.17, 15) is 59.9 Å². The molecular weight excluding hydrogens is 803 g/mol. The number of cyclic esters (lactones) is 1. The van der Waals surface area contributed by atoms with Gasteiger partial charge in [0.05, 0.1) is 43.5 Å². The van der Waals surface area contributed by atoms with Gasteiger partial charge in [0.1, 0.15) is 31.0 Å². The molecule has 1 aliphatic heterocycles. The summed E-state index contributed by atoms with van der Waals surface area (Å²) in [6, 6.07) is 0. The van der Waals surface area contributed by atoms with Crippen LogP contribution in [0.4, 0.5) is 0 Å². The monoisotopic (exact) mass is 878 g/mol. The van der Waals surface area contributed by atoms with Crippen molar-refractivity contribution < 1.29 is 78.4 Å². The molecule has 1 aliphatic carbocycles. The normalized spacial score (nSPS) is 33.8. The van der Waals surface area contributed by atoms with Crippen molar-refractivity contribution >= 4 is 19.8 Å². The third-order valence-corrected chi connectivity index (χ3v) is 12.0. The average molecular weight is 879 g/mol. The van der Waals surface area contributed by atoms with Crippen molar-refractivity contribution in [1.82, 2.24) is 0 Å². The summed E-state index contributed by atoms with van der Waals surface area (Å²) in [4.78, 5) is 36.2. The number of phosphoric acid groups is 1. The molecule has 0 amide bonds.